The third-order valence-corrected chi connectivity index (χ3v) is 5.65. The van der Waals surface area contributed by atoms with E-state index in [0.717, 1.165) is 11.3 Å². The van der Waals surface area contributed by atoms with Crippen LogP contribution in [0.2, 0.25) is 0 Å². The van der Waals surface area contributed by atoms with E-state index in [2.05, 4.69) is 4.98 Å². The minimum Gasteiger partial charge on any atom is -0.325 e. The first-order chi connectivity index (χ1) is 6.91. The van der Waals surface area contributed by atoms with Gasteiger partial charge in [-0.3, -0.25) is 4.79 Å². The highest BCUT2D eigenvalue weighted by Crippen LogP contribution is 2.24. The van der Waals surface area contributed by atoms with E-state index in [1.54, 1.807) is 6.92 Å². The lowest BCUT2D eigenvalue weighted by Crippen LogP contribution is -2.57. The lowest BCUT2D eigenvalue weighted by atomic mass is 10.2. The summed E-state index contributed by atoms with van der Waals surface area (Å²) < 4.78 is 25.2. The number of hydrogen-bond acceptors (Lipinski definition) is 5. The number of nitrogens with one attached hydrogen (secondary N) is 1. The Balaban J connectivity index is 2.38. The molecule has 1 aromatic rings. The molecule has 0 aliphatic carbocycles. The van der Waals surface area contributed by atoms with Gasteiger partial charge in [-0.1, -0.05) is 11.3 Å². The Labute approximate surface area is 90.8 Å². The average Bonchev–Trinajstić information content (AvgIpc) is 2.40. The van der Waals surface area contributed by atoms with Crippen LogP contribution in [0.15, 0.2) is 9.00 Å². The molecule has 0 bridgehead atoms. The zero-order valence-electron chi connectivity index (χ0n) is 8.06. The van der Waals surface area contributed by atoms with E-state index in [4.69, 9.17) is 5.73 Å². The third-order valence-electron chi connectivity index (χ3n) is 2.23. The molecule has 0 saturated carbocycles. The molecule has 1 fully saturated rings. The molecular weight excluding hydrogens is 238 g/mol. The molecule has 8 heteroatoms. The van der Waals surface area contributed by atoms with E-state index in [1.165, 1.54) is 4.31 Å². The first-order valence-electron chi connectivity index (χ1n) is 4.36. The summed E-state index contributed by atoms with van der Waals surface area (Å²) >= 11 is 0.719. The van der Waals surface area contributed by atoms with Crippen molar-refractivity contribution in [3.63, 3.8) is 0 Å². The Morgan fingerprint density at radius 1 is 1.53 bits per heavy atom. The van der Waals surface area contributed by atoms with Crippen LogP contribution in [0.1, 0.15) is 5.69 Å². The van der Waals surface area contributed by atoms with Gasteiger partial charge in [0.25, 0.3) is 10.0 Å². The van der Waals surface area contributed by atoms with Crippen molar-refractivity contribution >= 4 is 21.4 Å². The molecule has 15 heavy (non-hydrogen) atoms. The van der Waals surface area contributed by atoms with Gasteiger partial charge in [0, 0.05) is 24.8 Å². The van der Waals surface area contributed by atoms with Gasteiger partial charge in [0.2, 0.25) is 0 Å². The van der Waals surface area contributed by atoms with Crippen LogP contribution in [0.3, 0.4) is 0 Å². The molecule has 3 N–H and O–H groups in total. The normalized spacial score (nSPS) is 19.1. The van der Waals surface area contributed by atoms with Crippen LogP contribution in [-0.2, 0) is 10.0 Å². The van der Waals surface area contributed by atoms with E-state index in [-0.39, 0.29) is 15.1 Å². The second-order valence-corrected chi connectivity index (χ2v) is 6.63. The summed E-state index contributed by atoms with van der Waals surface area (Å²) in [6.45, 7) is 2.23. The molecule has 0 radical (unpaired) electrons. The van der Waals surface area contributed by atoms with Crippen LogP contribution in [-0.4, -0.2) is 36.8 Å². The summed E-state index contributed by atoms with van der Waals surface area (Å²) in [6, 6.07) is -0.0873. The number of sulfonamides is 1. The second kappa shape index (κ2) is 3.41. The lowest BCUT2D eigenvalue weighted by molar-refractivity contribution is 0.266. The minimum absolute atomic E-state index is 0.0873. The van der Waals surface area contributed by atoms with Gasteiger partial charge in [0.05, 0.1) is 0 Å². The van der Waals surface area contributed by atoms with Crippen LogP contribution in [0.4, 0.5) is 0 Å². The summed E-state index contributed by atoms with van der Waals surface area (Å²) in [5.74, 6) is 0. The molecule has 1 saturated heterocycles. The molecular formula is C7H11N3O3S2. The monoisotopic (exact) mass is 249 g/mol. The lowest BCUT2D eigenvalue weighted by Gasteiger charge is -2.35. The van der Waals surface area contributed by atoms with E-state index < -0.39 is 10.0 Å². The summed E-state index contributed by atoms with van der Waals surface area (Å²) in [4.78, 5) is 13.1. The molecule has 2 heterocycles. The average molecular weight is 249 g/mol. The molecule has 6 nitrogen and oxygen atoms in total. The molecule has 0 aromatic carbocycles. The topological polar surface area (TPSA) is 96.3 Å². The fourth-order valence-corrected chi connectivity index (χ4v) is 4.41. The van der Waals surface area contributed by atoms with Crippen LogP contribution in [0.5, 0.6) is 0 Å². The number of nitrogens with two attached hydrogens (primary N) is 1. The SMILES string of the molecule is Cc1[nH]c(=O)sc1S(=O)(=O)N1CC(N)C1. The Bertz CT molecular complexity index is 524. The first kappa shape index (κ1) is 10.8. The summed E-state index contributed by atoms with van der Waals surface area (Å²) in [7, 11) is -3.50. The Hall–Kier alpha value is -0.700. The van der Waals surface area contributed by atoms with Crippen molar-refractivity contribution in [3.8, 4) is 0 Å². The van der Waals surface area contributed by atoms with Crippen molar-refractivity contribution in [1.29, 1.82) is 0 Å². The number of nitrogens with zero attached hydrogens (tertiary/aromatic N) is 1. The zero-order valence-corrected chi connectivity index (χ0v) is 9.69. The van der Waals surface area contributed by atoms with Crippen molar-refractivity contribution in [2.75, 3.05) is 13.1 Å². The van der Waals surface area contributed by atoms with Crippen LogP contribution in [0, 0.1) is 6.92 Å². The molecule has 0 spiro atoms. The van der Waals surface area contributed by atoms with Crippen molar-refractivity contribution in [3.05, 3.63) is 15.4 Å². The van der Waals surface area contributed by atoms with Crippen LogP contribution < -0.4 is 10.6 Å². The van der Waals surface area contributed by atoms with Gasteiger partial charge in [-0.2, -0.15) is 4.31 Å². The summed E-state index contributed by atoms with van der Waals surface area (Å²) in [5, 5.41) is 0. The highest BCUT2D eigenvalue weighted by atomic mass is 32.2. The standard InChI is InChI=1S/C7H11N3O3S2/c1-4-6(14-7(11)9-4)15(12,13)10-2-5(8)3-10/h5H,2-3,8H2,1H3,(H,9,11). The van der Waals surface area contributed by atoms with E-state index in [0.29, 0.717) is 18.8 Å². The van der Waals surface area contributed by atoms with Gasteiger partial charge in [-0.05, 0) is 6.92 Å². The van der Waals surface area contributed by atoms with E-state index in [9.17, 15) is 13.2 Å². The van der Waals surface area contributed by atoms with Crippen LogP contribution >= 0.6 is 11.3 Å². The van der Waals surface area contributed by atoms with Gasteiger partial charge in [-0.15, -0.1) is 0 Å². The number of aryl methyl sites for hydroxylation is 1. The Morgan fingerprint density at radius 3 is 2.53 bits per heavy atom. The highest BCUT2D eigenvalue weighted by molar-refractivity contribution is 7.91. The smallest absolute Gasteiger partial charge is 0.305 e. The zero-order chi connectivity index (χ0) is 11.2. The number of rotatable bonds is 2. The predicted octanol–water partition coefficient (Wildman–Crippen LogP) is -0.924. The quantitative estimate of drug-likeness (QED) is 0.708. The summed E-state index contributed by atoms with van der Waals surface area (Å²) in [6.07, 6.45) is 0. The van der Waals surface area contributed by atoms with Crippen molar-refractivity contribution in [2.24, 2.45) is 5.73 Å². The molecule has 1 aliphatic heterocycles. The summed E-state index contributed by atoms with van der Waals surface area (Å²) in [5.41, 5.74) is 5.91. The fraction of sp³-hybridized carbons (Fsp3) is 0.571. The number of H-pyrrole nitrogens is 1. The number of aromatic amines is 1. The molecule has 0 unspecified atom stereocenters. The maximum Gasteiger partial charge on any atom is 0.305 e. The largest absolute Gasteiger partial charge is 0.325 e. The number of thiazole rings is 1. The molecule has 1 aliphatic rings. The highest BCUT2D eigenvalue weighted by Gasteiger charge is 2.36. The maximum atomic E-state index is 11.9. The fourth-order valence-electron chi connectivity index (χ4n) is 1.42. The van der Waals surface area contributed by atoms with Gasteiger partial charge < -0.3 is 10.7 Å². The van der Waals surface area contributed by atoms with Gasteiger partial charge in [0.15, 0.2) is 4.21 Å². The minimum atomic E-state index is -3.50. The third kappa shape index (κ3) is 1.73. The van der Waals surface area contributed by atoms with Crippen LogP contribution in [0.25, 0.3) is 0 Å². The van der Waals surface area contributed by atoms with Crippen molar-refractivity contribution in [1.82, 2.24) is 9.29 Å². The van der Waals surface area contributed by atoms with Gasteiger partial charge in [0.1, 0.15) is 0 Å². The number of aromatic nitrogens is 1. The van der Waals surface area contributed by atoms with Gasteiger partial charge in [-0.25, -0.2) is 8.42 Å². The molecule has 2 rings (SSSR count). The van der Waals surface area contributed by atoms with E-state index >= 15 is 0 Å². The first-order valence-corrected chi connectivity index (χ1v) is 6.62. The second-order valence-electron chi connectivity index (χ2n) is 3.51. The Kier molecular flexibility index (Phi) is 2.45. The molecule has 0 atom stereocenters. The predicted molar refractivity (Wildman–Crippen MR) is 56.4 cm³/mol. The molecule has 1 aromatic heterocycles. The maximum absolute atomic E-state index is 11.9. The molecule has 84 valence electrons. The van der Waals surface area contributed by atoms with Gasteiger partial charge >= 0.3 is 4.87 Å². The number of hydrogen-bond donors (Lipinski definition) is 2. The molecule has 0 amide bonds. The van der Waals surface area contributed by atoms with Crippen molar-refractivity contribution in [2.45, 2.75) is 17.2 Å². The van der Waals surface area contributed by atoms with Crippen molar-refractivity contribution < 1.29 is 8.42 Å². The Morgan fingerprint density at radius 2 is 2.13 bits per heavy atom. The van der Waals surface area contributed by atoms with E-state index in [1.807, 2.05) is 0 Å².